The van der Waals surface area contributed by atoms with Gasteiger partial charge in [0.15, 0.2) is 0 Å². The van der Waals surface area contributed by atoms with Crippen LogP contribution in [0.25, 0.3) is 0 Å². The lowest BCUT2D eigenvalue weighted by atomic mass is 10.2. The summed E-state index contributed by atoms with van der Waals surface area (Å²) in [5, 5.41) is 6.87. The minimum atomic E-state index is -0.635. The number of hydrogen-bond acceptors (Lipinski definition) is 5. The fourth-order valence-electron chi connectivity index (χ4n) is 2.61. The highest BCUT2D eigenvalue weighted by Gasteiger charge is 2.15. The van der Waals surface area contributed by atoms with E-state index in [2.05, 4.69) is 31.8 Å². The second-order valence-corrected chi connectivity index (χ2v) is 8.24. The Balaban J connectivity index is 1.61. The van der Waals surface area contributed by atoms with E-state index in [9.17, 15) is 14.4 Å². The number of esters is 1. The van der Waals surface area contributed by atoms with Gasteiger partial charge in [0, 0.05) is 10.0 Å². The average Bonchev–Trinajstić information content (AvgIpc) is 2.79. The molecule has 0 saturated heterocycles. The Labute approximate surface area is 207 Å². The van der Waals surface area contributed by atoms with Gasteiger partial charge in [-0.1, -0.05) is 63.4 Å². The summed E-state index contributed by atoms with van der Waals surface area (Å²) in [5.41, 5.74) is 3.19. The molecule has 0 unspecified atom stereocenters. The van der Waals surface area contributed by atoms with Crippen LogP contribution in [0.2, 0.25) is 10.0 Å². The van der Waals surface area contributed by atoms with Crippen molar-refractivity contribution in [2.24, 2.45) is 5.10 Å². The number of benzene rings is 3. The van der Waals surface area contributed by atoms with Gasteiger partial charge in [-0.05, 0) is 42.5 Å². The predicted molar refractivity (Wildman–Crippen MR) is 130 cm³/mol. The van der Waals surface area contributed by atoms with Gasteiger partial charge in [0.2, 0.25) is 0 Å². The zero-order chi connectivity index (χ0) is 23.8. The standard InChI is InChI=1S/C23H16BrCl2N3O4/c24-15-9-10-20(33-23(32)17-6-2-4-8-19(17)26)14(11-15)12-28-29-21(30)13-27-22(31)16-5-1-3-7-18(16)25/h1-12H,13H2,(H,27,31)(H,29,30)/b28-12-. The maximum Gasteiger partial charge on any atom is 0.345 e. The van der Waals surface area contributed by atoms with Crippen molar-refractivity contribution in [3.05, 3.63) is 97.9 Å². The number of hydrogen-bond donors (Lipinski definition) is 2. The zero-order valence-corrected chi connectivity index (χ0v) is 19.9. The maximum atomic E-state index is 12.5. The van der Waals surface area contributed by atoms with Gasteiger partial charge in [0.25, 0.3) is 11.8 Å². The van der Waals surface area contributed by atoms with Gasteiger partial charge >= 0.3 is 5.97 Å². The molecule has 33 heavy (non-hydrogen) atoms. The van der Waals surface area contributed by atoms with Crippen LogP contribution in [-0.2, 0) is 4.79 Å². The summed E-state index contributed by atoms with van der Waals surface area (Å²) in [6, 6.07) is 17.9. The Morgan fingerprint density at radius 3 is 2.24 bits per heavy atom. The van der Waals surface area contributed by atoms with Gasteiger partial charge in [0.1, 0.15) is 5.75 Å². The van der Waals surface area contributed by atoms with Crippen molar-refractivity contribution in [3.8, 4) is 5.75 Å². The molecule has 0 saturated carbocycles. The Morgan fingerprint density at radius 2 is 1.58 bits per heavy atom. The van der Waals surface area contributed by atoms with Crippen molar-refractivity contribution in [2.75, 3.05) is 6.54 Å². The summed E-state index contributed by atoms with van der Waals surface area (Å²) in [6.45, 7) is -0.311. The monoisotopic (exact) mass is 547 g/mol. The van der Waals surface area contributed by atoms with Crippen molar-refractivity contribution in [1.29, 1.82) is 0 Å². The van der Waals surface area contributed by atoms with E-state index >= 15 is 0 Å². The number of rotatable bonds is 7. The number of carbonyl (C=O) groups excluding carboxylic acids is 3. The summed E-state index contributed by atoms with van der Waals surface area (Å²) >= 11 is 15.4. The minimum Gasteiger partial charge on any atom is -0.422 e. The maximum absolute atomic E-state index is 12.5. The van der Waals surface area contributed by atoms with Crippen LogP contribution in [-0.4, -0.2) is 30.5 Å². The number of halogens is 3. The molecule has 7 nitrogen and oxygen atoms in total. The van der Waals surface area contributed by atoms with Crippen LogP contribution in [0.15, 0.2) is 76.3 Å². The number of carbonyl (C=O) groups is 3. The molecule has 0 bridgehead atoms. The largest absolute Gasteiger partial charge is 0.422 e. The summed E-state index contributed by atoms with van der Waals surface area (Å²) in [6.07, 6.45) is 1.31. The first-order chi connectivity index (χ1) is 15.8. The first-order valence-corrected chi connectivity index (χ1v) is 11.0. The lowest BCUT2D eigenvalue weighted by Gasteiger charge is -2.09. The number of ether oxygens (including phenoxy) is 1. The molecule has 0 aromatic heterocycles. The van der Waals surface area contributed by atoms with Crippen LogP contribution in [0.4, 0.5) is 0 Å². The van der Waals surface area contributed by atoms with Crippen LogP contribution in [0, 0.1) is 0 Å². The molecule has 3 aromatic rings. The number of nitrogens with one attached hydrogen (secondary N) is 2. The molecule has 0 radical (unpaired) electrons. The van der Waals surface area contributed by atoms with Crippen molar-refractivity contribution in [2.45, 2.75) is 0 Å². The minimum absolute atomic E-state index is 0.215. The fourth-order valence-corrected chi connectivity index (χ4v) is 3.42. The van der Waals surface area contributed by atoms with Gasteiger partial charge in [0.05, 0.1) is 33.9 Å². The van der Waals surface area contributed by atoms with Gasteiger partial charge in [-0.25, -0.2) is 10.2 Å². The number of nitrogens with zero attached hydrogens (tertiary/aromatic N) is 1. The topological polar surface area (TPSA) is 96.9 Å². The normalized spacial score (nSPS) is 10.6. The SMILES string of the molecule is O=C(CNC(=O)c1ccccc1Cl)N/N=C\c1cc(Br)ccc1OC(=O)c1ccccc1Cl. The van der Waals surface area contributed by atoms with E-state index < -0.39 is 17.8 Å². The third-order valence-electron chi connectivity index (χ3n) is 4.19. The van der Waals surface area contributed by atoms with E-state index in [1.54, 1.807) is 66.7 Å². The fraction of sp³-hybridized carbons (Fsp3) is 0.0435. The summed E-state index contributed by atoms with van der Waals surface area (Å²) < 4.78 is 6.15. The van der Waals surface area contributed by atoms with Gasteiger partial charge in [-0.2, -0.15) is 5.10 Å². The highest BCUT2D eigenvalue weighted by molar-refractivity contribution is 9.10. The highest BCUT2D eigenvalue weighted by Crippen LogP contribution is 2.24. The van der Waals surface area contributed by atoms with Crippen LogP contribution >= 0.6 is 39.1 Å². The predicted octanol–water partition coefficient (Wildman–Crippen LogP) is 4.86. The molecule has 10 heteroatoms. The van der Waals surface area contributed by atoms with Crippen molar-refractivity contribution in [1.82, 2.24) is 10.7 Å². The molecule has 0 heterocycles. The van der Waals surface area contributed by atoms with E-state index in [4.69, 9.17) is 27.9 Å². The van der Waals surface area contributed by atoms with Crippen molar-refractivity contribution < 1.29 is 19.1 Å². The third kappa shape index (κ3) is 6.89. The summed E-state index contributed by atoms with van der Waals surface area (Å²) in [7, 11) is 0. The molecular formula is C23H16BrCl2N3O4. The highest BCUT2D eigenvalue weighted by atomic mass is 79.9. The Bertz CT molecular complexity index is 1230. The summed E-state index contributed by atoms with van der Waals surface area (Å²) in [4.78, 5) is 36.6. The number of amides is 2. The Morgan fingerprint density at radius 1 is 0.939 bits per heavy atom. The van der Waals surface area contributed by atoms with Crippen LogP contribution in [0.5, 0.6) is 5.75 Å². The molecule has 168 valence electrons. The van der Waals surface area contributed by atoms with Gasteiger partial charge < -0.3 is 10.1 Å². The Hall–Kier alpha value is -3.20. The first kappa shape index (κ1) is 24.4. The molecular weight excluding hydrogens is 533 g/mol. The van der Waals surface area contributed by atoms with Crippen molar-refractivity contribution >= 4 is 63.1 Å². The molecule has 3 rings (SSSR count). The average molecular weight is 549 g/mol. The molecule has 2 amide bonds. The second-order valence-electron chi connectivity index (χ2n) is 6.51. The van der Waals surface area contributed by atoms with Gasteiger partial charge in [-0.15, -0.1) is 0 Å². The molecule has 0 fully saturated rings. The van der Waals surface area contributed by atoms with E-state index in [0.717, 1.165) is 0 Å². The van der Waals surface area contributed by atoms with Crippen LogP contribution in [0.3, 0.4) is 0 Å². The molecule has 0 aliphatic carbocycles. The Kier molecular flexibility index (Phi) is 8.59. The van der Waals surface area contributed by atoms with E-state index in [1.807, 2.05) is 0 Å². The van der Waals surface area contributed by atoms with Crippen LogP contribution < -0.4 is 15.5 Å². The zero-order valence-electron chi connectivity index (χ0n) is 16.8. The molecule has 0 aliphatic rings. The third-order valence-corrected chi connectivity index (χ3v) is 5.34. The lowest BCUT2D eigenvalue weighted by molar-refractivity contribution is -0.120. The molecule has 2 N–H and O–H groups in total. The molecule has 0 aliphatic heterocycles. The van der Waals surface area contributed by atoms with Gasteiger partial charge in [-0.3, -0.25) is 9.59 Å². The number of hydrazone groups is 1. The van der Waals surface area contributed by atoms with Crippen LogP contribution in [0.1, 0.15) is 26.3 Å². The quantitative estimate of drug-likeness (QED) is 0.191. The first-order valence-electron chi connectivity index (χ1n) is 9.46. The van der Waals surface area contributed by atoms with E-state index in [0.29, 0.717) is 10.0 Å². The summed E-state index contributed by atoms with van der Waals surface area (Å²) in [5.74, 6) is -1.46. The van der Waals surface area contributed by atoms with E-state index in [-0.39, 0.29) is 33.5 Å². The molecule has 3 aromatic carbocycles. The lowest BCUT2D eigenvalue weighted by Crippen LogP contribution is -2.35. The van der Waals surface area contributed by atoms with Crippen molar-refractivity contribution in [3.63, 3.8) is 0 Å². The molecule has 0 atom stereocenters. The molecule has 0 spiro atoms. The van der Waals surface area contributed by atoms with E-state index in [1.165, 1.54) is 6.21 Å². The smallest absolute Gasteiger partial charge is 0.345 e. The second kappa shape index (κ2) is 11.6.